The zero-order chi connectivity index (χ0) is 14.5. The van der Waals surface area contributed by atoms with Crippen molar-refractivity contribution in [2.45, 2.75) is 51.7 Å². The Balaban J connectivity index is 1.89. The zero-order valence-electron chi connectivity index (χ0n) is 12.8. The van der Waals surface area contributed by atoms with E-state index in [1.54, 1.807) is 0 Å². The van der Waals surface area contributed by atoms with E-state index >= 15 is 0 Å². The molecule has 2 rings (SSSR count). The van der Waals surface area contributed by atoms with Crippen molar-refractivity contribution in [2.24, 2.45) is 0 Å². The summed E-state index contributed by atoms with van der Waals surface area (Å²) in [4.78, 5) is 2.54. The predicted octanol–water partition coefficient (Wildman–Crippen LogP) is 3.08. The number of hydrogen-bond acceptors (Lipinski definition) is 3. The second kappa shape index (κ2) is 6.88. The van der Waals surface area contributed by atoms with Crippen LogP contribution in [0.1, 0.15) is 50.8 Å². The Hall–Kier alpha value is -1.37. The first kappa shape index (κ1) is 15.0. The van der Waals surface area contributed by atoms with Gasteiger partial charge in [-0.15, -0.1) is 0 Å². The van der Waals surface area contributed by atoms with Gasteiger partial charge in [0.05, 0.1) is 11.6 Å². The monoisotopic (exact) mass is 271 g/mol. The first-order valence-corrected chi connectivity index (χ1v) is 7.60. The van der Waals surface area contributed by atoms with E-state index in [9.17, 15) is 0 Å². The molecule has 1 aromatic carbocycles. The fourth-order valence-electron chi connectivity index (χ4n) is 2.91. The summed E-state index contributed by atoms with van der Waals surface area (Å²) in [5.41, 5.74) is 1.95. The highest BCUT2D eigenvalue weighted by Gasteiger charge is 2.22. The number of piperidine rings is 1. The lowest BCUT2D eigenvalue weighted by atomic mass is 10.00. The van der Waals surface area contributed by atoms with E-state index in [-0.39, 0.29) is 0 Å². The molecule has 0 radical (unpaired) electrons. The average Bonchev–Trinajstić information content (AvgIpc) is 2.47. The number of nitrogens with zero attached hydrogens (tertiary/aromatic N) is 2. The standard InChI is InChI=1S/C17H25N3/c1-13(2)20-9-7-17(8-10-20)19-14(3)16-6-4-5-15(11-16)12-18/h4-6,11,13-14,17,19H,7-10H2,1-3H3. The van der Waals surface area contributed by atoms with Gasteiger partial charge in [0, 0.05) is 18.1 Å². The molecule has 1 unspecified atom stereocenters. The van der Waals surface area contributed by atoms with Crippen molar-refractivity contribution in [3.8, 4) is 6.07 Å². The molecule has 1 fully saturated rings. The molecule has 1 N–H and O–H groups in total. The van der Waals surface area contributed by atoms with Gasteiger partial charge in [-0.2, -0.15) is 5.26 Å². The van der Waals surface area contributed by atoms with Gasteiger partial charge >= 0.3 is 0 Å². The first-order valence-electron chi connectivity index (χ1n) is 7.60. The molecule has 3 nitrogen and oxygen atoms in total. The van der Waals surface area contributed by atoms with Crippen LogP contribution in [0.3, 0.4) is 0 Å². The quantitative estimate of drug-likeness (QED) is 0.914. The number of nitriles is 1. The average molecular weight is 271 g/mol. The lowest BCUT2D eigenvalue weighted by molar-refractivity contribution is 0.157. The van der Waals surface area contributed by atoms with Gasteiger partial charge in [-0.05, 0) is 64.4 Å². The van der Waals surface area contributed by atoms with Crippen molar-refractivity contribution in [2.75, 3.05) is 13.1 Å². The van der Waals surface area contributed by atoms with Crippen LogP contribution in [0.5, 0.6) is 0 Å². The molecule has 1 saturated heterocycles. The van der Waals surface area contributed by atoms with Crippen LogP contribution in [-0.4, -0.2) is 30.1 Å². The summed E-state index contributed by atoms with van der Waals surface area (Å²) in [7, 11) is 0. The highest BCUT2D eigenvalue weighted by atomic mass is 15.2. The third kappa shape index (κ3) is 3.82. The molecule has 0 amide bonds. The van der Waals surface area contributed by atoms with Crippen molar-refractivity contribution in [3.05, 3.63) is 35.4 Å². The molecule has 1 heterocycles. The number of likely N-dealkylation sites (tertiary alicyclic amines) is 1. The van der Waals surface area contributed by atoms with Gasteiger partial charge < -0.3 is 10.2 Å². The summed E-state index contributed by atoms with van der Waals surface area (Å²) in [6, 6.07) is 11.7. The predicted molar refractivity (Wildman–Crippen MR) is 82.4 cm³/mol. The van der Waals surface area contributed by atoms with Crippen LogP contribution in [0.15, 0.2) is 24.3 Å². The van der Waals surface area contributed by atoms with E-state index in [0.29, 0.717) is 18.1 Å². The molecule has 3 heteroatoms. The molecule has 0 aromatic heterocycles. The molecule has 1 aliphatic rings. The highest BCUT2D eigenvalue weighted by Crippen LogP contribution is 2.19. The van der Waals surface area contributed by atoms with Crippen LogP contribution >= 0.6 is 0 Å². The van der Waals surface area contributed by atoms with Gasteiger partial charge in [0.25, 0.3) is 0 Å². The smallest absolute Gasteiger partial charge is 0.0991 e. The lowest BCUT2D eigenvalue weighted by Gasteiger charge is -2.36. The molecule has 0 spiro atoms. The minimum atomic E-state index is 0.305. The maximum Gasteiger partial charge on any atom is 0.0991 e. The van der Waals surface area contributed by atoms with Crippen LogP contribution < -0.4 is 5.32 Å². The number of rotatable bonds is 4. The molecule has 1 atom stereocenters. The van der Waals surface area contributed by atoms with E-state index in [1.807, 2.05) is 18.2 Å². The van der Waals surface area contributed by atoms with Gasteiger partial charge in [0.15, 0.2) is 0 Å². The van der Waals surface area contributed by atoms with Gasteiger partial charge in [-0.1, -0.05) is 12.1 Å². The molecule has 0 bridgehead atoms. The summed E-state index contributed by atoms with van der Waals surface area (Å²) in [5, 5.41) is 12.7. The van der Waals surface area contributed by atoms with E-state index in [1.165, 1.54) is 31.5 Å². The number of benzene rings is 1. The van der Waals surface area contributed by atoms with Crippen LogP contribution in [-0.2, 0) is 0 Å². The normalized spacial score (nSPS) is 18.9. The van der Waals surface area contributed by atoms with Gasteiger partial charge in [0.2, 0.25) is 0 Å². The van der Waals surface area contributed by atoms with Gasteiger partial charge in [-0.3, -0.25) is 0 Å². The Morgan fingerprint density at radius 3 is 2.55 bits per heavy atom. The second-order valence-electron chi connectivity index (χ2n) is 6.03. The summed E-state index contributed by atoms with van der Waals surface area (Å²) in [6.07, 6.45) is 2.42. The molecule has 1 aromatic rings. The summed E-state index contributed by atoms with van der Waals surface area (Å²) >= 11 is 0. The highest BCUT2D eigenvalue weighted by molar-refractivity contribution is 5.34. The molecular formula is C17H25N3. The minimum Gasteiger partial charge on any atom is -0.307 e. The Kier molecular flexibility index (Phi) is 5.17. The SMILES string of the molecule is CC(NC1CCN(C(C)C)CC1)c1cccc(C#N)c1. The molecule has 108 valence electrons. The number of nitrogens with one attached hydrogen (secondary N) is 1. The molecule has 0 aliphatic carbocycles. The Labute approximate surface area is 122 Å². The Morgan fingerprint density at radius 1 is 1.25 bits per heavy atom. The van der Waals surface area contributed by atoms with E-state index in [4.69, 9.17) is 5.26 Å². The summed E-state index contributed by atoms with van der Waals surface area (Å²) in [6.45, 7) is 9.08. The largest absolute Gasteiger partial charge is 0.307 e. The molecule has 20 heavy (non-hydrogen) atoms. The molecular weight excluding hydrogens is 246 g/mol. The Bertz CT molecular complexity index is 467. The second-order valence-corrected chi connectivity index (χ2v) is 6.03. The molecule has 0 saturated carbocycles. The maximum atomic E-state index is 8.97. The maximum absolute atomic E-state index is 8.97. The Morgan fingerprint density at radius 2 is 1.95 bits per heavy atom. The number of hydrogen-bond donors (Lipinski definition) is 1. The zero-order valence-corrected chi connectivity index (χ0v) is 12.8. The van der Waals surface area contributed by atoms with Crippen molar-refractivity contribution in [3.63, 3.8) is 0 Å². The summed E-state index contributed by atoms with van der Waals surface area (Å²) < 4.78 is 0. The minimum absolute atomic E-state index is 0.305. The fourth-order valence-corrected chi connectivity index (χ4v) is 2.91. The van der Waals surface area contributed by atoms with Crippen molar-refractivity contribution in [1.29, 1.82) is 5.26 Å². The fraction of sp³-hybridized carbons (Fsp3) is 0.588. The van der Waals surface area contributed by atoms with Gasteiger partial charge in [-0.25, -0.2) is 0 Å². The van der Waals surface area contributed by atoms with Crippen LogP contribution in [0.2, 0.25) is 0 Å². The van der Waals surface area contributed by atoms with Crippen molar-refractivity contribution < 1.29 is 0 Å². The topological polar surface area (TPSA) is 39.1 Å². The third-order valence-electron chi connectivity index (χ3n) is 4.26. The van der Waals surface area contributed by atoms with E-state index in [0.717, 1.165) is 5.56 Å². The lowest BCUT2D eigenvalue weighted by Crippen LogP contribution is -2.45. The molecule has 1 aliphatic heterocycles. The van der Waals surface area contributed by atoms with Crippen LogP contribution in [0.25, 0.3) is 0 Å². The van der Waals surface area contributed by atoms with Crippen molar-refractivity contribution >= 4 is 0 Å². The third-order valence-corrected chi connectivity index (χ3v) is 4.26. The van der Waals surface area contributed by atoms with Crippen molar-refractivity contribution in [1.82, 2.24) is 10.2 Å². The van der Waals surface area contributed by atoms with Gasteiger partial charge in [0.1, 0.15) is 0 Å². The van der Waals surface area contributed by atoms with Crippen LogP contribution in [0, 0.1) is 11.3 Å². The van der Waals surface area contributed by atoms with E-state index < -0.39 is 0 Å². The summed E-state index contributed by atoms with van der Waals surface area (Å²) in [5.74, 6) is 0. The first-order chi connectivity index (χ1) is 9.60. The van der Waals surface area contributed by atoms with Crippen LogP contribution in [0.4, 0.5) is 0 Å². The van der Waals surface area contributed by atoms with E-state index in [2.05, 4.69) is 43.1 Å².